The number of hydrogen-bond donors (Lipinski definition) is 1. The maximum Gasteiger partial charge on any atom is 0.290 e. The molecule has 25 heavy (non-hydrogen) atoms. The van der Waals surface area contributed by atoms with E-state index in [2.05, 4.69) is 5.32 Å². The number of hydrogen-bond acceptors (Lipinski definition) is 4. The first-order valence-electron chi connectivity index (χ1n) is 8.10. The highest BCUT2D eigenvalue weighted by Crippen LogP contribution is 2.34. The number of nitro benzene ring substituents is 1. The van der Waals surface area contributed by atoms with Gasteiger partial charge in [-0.2, -0.15) is 0 Å². The van der Waals surface area contributed by atoms with Gasteiger partial charge in [-0.05, 0) is 31.7 Å². The van der Waals surface area contributed by atoms with Gasteiger partial charge in [0.15, 0.2) is 0 Å². The van der Waals surface area contributed by atoms with Gasteiger partial charge in [-0.3, -0.25) is 19.7 Å². The molecule has 0 aromatic heterocycles. The maximum atomic E-state index is 12.7. The fourth-order valence-corrected chi connectivity index (χ4v) is 3.33. The average molecular weight is 386 g/mol. The zero-order chi connectivity index (χ0) is 18.1. The monoisotopic (exact) mass is 385 g/mol. The smallest absolute Gasteiger partial charge is 0.290 e. The van der Waals surface area contributed by atoms with Gasteiger partial charge in [-0.1, -0.05) is 23.2 Å². The first-order valence-corrected chi connectivity index (χ1v) is 8.85. The highest BCUT2D eigenvalue weighted by atomic mass is 35.5. The number of nitrogens with one attached hydrogen (secondary N) is 1. The minimum atomic E-state index is -0.674. The number of nitrogens with zero attached hydrogens (tertiary/aromatic N) is 2. The van der Waals surface area contributed by atoms with Gasteiger partial charge >= 0.3 is 0 Å². The summed E-state index contributed by atoms with van der Waals surface area (Å²) in [5.74, 6) is -0.665. The molecular formula is C16H17Cl2N3O4. The molecule has 1 aliphatic carbocycles. The van der Waals surface area contributed by atoms with Crippen LogP contribution in [0.4, 0.5) is 5.69 Å². The molecule has 2 aliphatic rings. The minimum Gasteiger partial charge on any atom is -0.353 e. The zero-order valence-electron chi connectivity index (χ0n) is 13.3. The van der Waals surface area contributed by atoms with E-state index in [1.54, 1.807) is 4.90 Å². The highest BCUT2D eigenvalue weighted by Gasteiger charge is 2.33. The molecule has 1 N–H and O–H groups in total. The van der Waals surface area contributed by atoms with Crippen molar-refractivity contribution in [2.24, 2.45) is 5.92 Å². The van der Waals surface area contributed by atoms with E-state index in [-0.39, 0.29) is 39.4 Å². The van der Waals surface area contributed by atoms with Crippen molar-refractivity contribution in [1.82, 2.24) is 10.2 Å². The van der Waals surface area contributed by atoms with Crippen molar-refractivity contribution in [3.8, 4) is 0 Å². The van der Waals surface area contributed by atoms with E-state index in [0.29, 0.717) is 19.5 Å². The van der Waals surface area contributed by atoms with Crippen molar-refractivity contribution in [1.29, 1.82) is 0 Å². The summed E-state index contributed by atoms with van der Waals surface area (Å²) < 4.78 is 0. The molecule has 7 nitrogen and oxygen atoms in total. The lowest BCUT2D eigenvalue weighted by atomic mass is 9.96. The van der Waals surface area contributed by atoms with E-state index in [1.165, 1.54) is 6.07 Å². The number of rotatable bonds is 4. The number of likely N-dealkylation sites (tertiary alicyclic amines) is 1. The van der Waals surface area contributed by atoms with Gasteiger partial charge in [-0.25, -0.2) is 0 Å². The summed E-state index contributed by atoms with van der Waals surface area (Å²) in [5.41, 5.74) is -0.304. The first-order chi connectivity index (χ1) is 11.9. The van der Waals surface area contributed by atoms with E-state index in [1.807, 2.05) is 0 Å². The Balaban J connectivity index is 1.75. The zero-order valence-corrected chi connectivity index (χ0v) is 14.8. The molecule has 134 valence electrons. The molecule has 0 unspecified atom stereocenters. The third kappa shape index (κ3) is 4.04. The fraction of sp³-hybridized carbons (Fsp3) is 0.500. The van der Waals surface area contributed by atoms with Crippen LogP contribution in [0.3, 0.4) is 0 Å². The van der Waals surface area contributed by atoms with E-state index in [0.717, 1.165) is 25.3 Å². The minimum absolute atomic E-state index is 0.0277. The SMILES string of the molecule is O=C(NC1CC1)[C@@H]1CCCN(C(=O)c2cc(Cl)c(Cl)c([N+](=O)[O-])c2)C1. The number of nitro groups is 1. The Morgan fingerprint density at radius 3 is 2.60 bits per heavy atom. The van der Waals surface area contributed by atoms with E-state index in [9.17, 15) is 19.7 Å². The average Bonchev–Trinajstić information content (AvgIpc) is 3.40. The highest BCUT2D eigenvalue weighted by molar-refractivity contribution is 6.43. The first kappa shape index (κ1) is 17.9. The quantitative estimate of drug-likeness (QED) is 0.636. The van der Waals surface area contributed by atoms with Crippen LogP contribution in [0.25, 0.3) is 0 Å². The van der Waals surface area contributed by atoms with E-state index >= 15 is 0 Å². The standard InChI is InChI=1S/C16H17Cl2N3O4/c17-12-6-10(7-13(14(12)18)21(24)25)16(23)20-5-1-2-9(8-20)15(22)19-11-3-4-11/h6-7,9,11H,1-5,8H2,(H,19,22)/t9-/m1/s1. The van der Waals surface area contributed by atoms with Crippen LogP contribution in [0, 0.1) is 16.0 Å². The molecule has 1 aliphatic heterocycles. The van der Waals surface area contributed by atoms with E-state index < -0.39 is 10.6 Å². The molecule has 0 radical (unpaired) electrons. The largest absolute Gasteiger partial charge is 0.353 e. The number of piperidine rings is 1. The normalized spacial score (nSPS) is 20.2. The Morgan fingerprint density at radius 1 is 1.24 bits per heavy atom. The van der Waals surface area contributed by atoms with Crippen molar-refractivity contribution in [3.63, 3.8) is 0 Å². The van der Waals surface area contributed by atoms with Crippen LogP contribution in [0.2, 0.25) is 10.0 Å². The van der Waals surface area contributed by atoms with Gasteiger partial charge in [0.2, 0.25) is 5.91 Å². The Morgan fingerprint density at radius 2 is 1.96 bits per heavy atom. The number of benzene rings is 1. The van der Waals surface area contributed by atoms with Crippen LogP contribution in [0.5, 0.6) is 0 Å². The summed E-state index contributed by atoms with van der Waals surface area (Å²) in [5, 5.41) is 13.8. The van der Waals surface area contributed by atoms with Crippen LogP contribution >= 0.6 is 23.2 Å². The number of amides is 2. The molecule has 1 aromatic rings. The second kappa shape index (κ2) is 7.17. The Hall–Kier alpha value is -1.86. The van der Waals surface area contributed by atoms with Crippen molar-refractivity contribution in [2.75, 3.05) is 13.1 Å². The topological polar surface area (TPSA) is 92.6 Å². The lowest BCUT2D eigenvalue weighted by Crippen LogP contribution is -2.45. The summed E-state index contributed by atoms with van der Waals surface area (Å²) in [7, 11) is 0. The second-order valence-corrected chi connectivity index (χ2v) is 7.21. The van der Waals surface area contributed by atoms with Gasteiger partial charge in [0.1, 0.15) is 5.02 Å². The van der Waals surface area contributed by atoms with Crippen molar-refractivity contribution in [2.45, 2.75) is 31.7 Å². The second-order valence-electron chi connectivity index (χ2n) is 6.42. The number of carbonyl (C=O) groups excluding carboxylic acids is 2. The molecule has 9 heteroatoms. The molecule has 0 bridgehead atoms. The van der Waals surface area contributed by atoms with Gasteiger partial charge in [-0.15, -0.1) is 0 Å². The molecular weight excluding hydrogens is 369 g/mol. The van der Waals surface area contributed by atoms with Crippen LogP contribution in [-0.2, 0) is 4.79 Å². The molecule has 1 aromatic carbocycles. The van der Waals surface area contributed by atoms with Crippen molar-refractivity contribution in [3.05, 3.63) is 37.9 Å². The summed E-state index contributed by atoms with van der Waals surface area (Å²) in [4.78, 5) is 36.9. The molecule has 3 rings (SSSR count). The van der Waals surface area contributed by atoms with Crippen molar-refractivity contribution >= 4 is 40.7 Å². The lowest BCUT2D eigenvalue weighted by molar-refractivity contribution is -0.384. The molecule has 0 spiro atoms. The molecule has 2 amide bonds. The third-order valence-electron chi connectivity index (χ3n) is 4.46. The van der Waals surface area contributed by atoms with Crippen LogP contribution in [0.1, 0.15) is 36.0 Å². The summed E-state index contributed by atoms with van der Waals surface area (Å²) in [6.45, 7) is 0.797. The van der Waals surface area contributed by atoms with Gasteiger partial charge in [0.25, 0.3) is 11.6 Å². The van der Waals surface area contributed by atoms with Gasteiger partial charge < -0.3 is 10.2 Å². The van der Waals surface area contributed by atoms with Crippen LogP contribution < -0.4 is 5.32 Å². The summed E-state index contributed by atoms with van der Waals surface area (Å²) >= 11 is 11.7. The molecule has 1 atom stereocenters. The predicted octanol–water partition coefficient (Wildman–Crippen LogP) is 3.03. The Bertz CT molecular complexity index is 736. The Labute approximate surface area is 154 Å². The Kier molecular flexibility index (Phi) is 5.15. The van der Waals surface area contributed by atoms with Crippen LogP contribution in [0.15, 0.2) is 12.1 Å². The number of carbonyl (C=O) groups is 2. The van der Waals surface area contributed by atoms with Gasteiger partial charge in [0, 0.05) is 30.8 Å². The van der Waals surface area contributed by atoms with E-state index in [4.69, 9.17) is 23.2 Å². The fourth-order valence-electron chi connectivity index (χ4n) is 2.94. The maximum absolute atomic E-state index is 12.7. The predicted molar refractivity (Wildman–Crippen MR) is 92.9 cm³/mol. The van der Waals surface area contributed by atoms with Crippen molar-refractivity contribution < 1.29 is 14.5 Å². The van der Waals surface area contributed by atoms with Crippen LogP contribution in [-0.4, -0.2) is 40.8 Å². The summed E-state index contributed by atoms with van der Waals surface area (Å²) in [6, 6.07) is 2.73. The lowest BCUT2D eigenvalue weighted by Gasteiger charge is -2.32. The molecule has 1 saturated heterocycles. The number of halogens is 2. The third-order valence-corrected chi connectivity index (χ3v) is 5.25. The summed E-state index contributed by atoms with van der Waals surface area (Å²) in [6.07, 6.45) is 3.45. The molecule has 1 heterocycles. The van der Waals surface area contributed by atoms with Gasteiger partial charge in [0.05, 0.1) is 15.9 Å². The molecule has 1 saturated carbocycles. The molecule has 2 fully saturated rings.